The van der Waals surface area contributed by atoms with Crippen LogP contribution in [-0.2, 0) is 0 Å². The van der Waals surface area contributed by atoms with Gasteiger partial charge < -0.3 is 0 Å². The number of benzene rings is 1. The molecule has 2 rings (SSSR count). The van der Waals surface area contributed by atoms with Gasteiger partial charge in [0, 0.05) is 5.39 Å². The fourth-order valence-electron chi connectivity index (χ4n) is 0.970. The second kappa shape index (κ2) is 2.20. The Labute approximate surface area is 62.7 Å². The average Bonchev–Trinajstić information content (AvgIpc) is 2.06. The second-order valence-corrected chi connectivity index (χ2v) is 2.20. The van der Waals surface area contributed by atoms with Gasteiger partial charge in [-0.1, -0.05) is 12.1 Å². The first-order chi connectivity index (χ1) is 5.38. The van der Waals surface area contributed by atoms with E-state index in [0.717, 1.165) is 5.39 Å². The van der Waals surface area contributed by atoms with E-state index in [0.29, 0.717) is 5.39 Å². The summed E-state index contributed by atoms with van der Waals surface area (Å²) in [6.07, 6.45) is 1.58. The van der Waals surface area contributed by atoms with Crippen LogP contribution in [0.5, 0.6) is 0 Å². The topological polar surface area (TPSA) is 45.8 Å². The second-order valence-electron chi connectivity index (χ2n) is 2.20. The molecule has 0 saturated carbocycles. The minimum atomic E-state index is -0.167. The van der Waals surface area contributed by atoms with Crippen LogP contribution in [0.1, 0.15) is 0 Å². The summed E-state index contributed by atoms with van der Waals surface area (Å²) in [5.41, 5.74) is -0.167. The molecule has 1 heterocycles. The Balaban J connectivity index is 3.03. The first-order valence-electron chi connectivity index (χ1n) is 3.22. The number of aromatic amines is 1. The Morgan fingerprint density at radius 1 is 1.55 bits per heavy atom. The smallest absolute Gasteiger partial charge is 0.267 e. The van der Waals surface area contributed by atoms with Crippen molar-refractivity contribution in [1.82, 2.24) is 10.2 Å². The van der Waals surface area contributed by atoms with Gasteiger partial charge in [-0.25, -0.2) is 5.10 Å². The number of H-pyrrole nitrogens is 1. The number of nitrogens with one attached hydrogen (secondary N) is 1. The zero-order valence-electron chi connectivity index (χ0n) is 5.66. The van der Waals surface area contributed by atoms with Crippen LogP contribution in [0.4, 0.5) is 0 Å². The van der Waals surface area contributed by atoms with Gasteiger partial charge >= 0.3 is 0 Å². The van der Waals surface area contributed by atoms with E-state index >= 15 is 0 Å². The van der Waals surface area contributed by atoms with E-state index < -0.39 is 0 Å². The lowest BCUT2D eigenvalue weighted by molar-refractivity contribution is 1.01. The summed E-state index contributed by atoms with van der Waals surface area (Å²) >= 11 is 0. The van der Waals surface area contributed by atoms with E-state index in [1.807, 2.05) is 0 Å². The molecule has 3 nitrogen and oxygen atoms in total. The molecule has 0 amide bonds. The van der Waals surface area contributed by atoms with E-state index in [4.69, 9.17) is 0 Å². The molecular weight excluding hydrogens is 140 g/mol. The molecule has 0 spiro atoms. The number of hydrogen-bond acceptors (Lipinski definition) is 2. The van der Waals surface area contributed by atoms with E-state index in [2.05, 4.69) is 16.3 Å². The molecule has 0 aliphatic heterocycles. The van der Waals surface area contributed by atoms with Gasteiger partial charge in [-0.3, -0.25) is 4.79 Å². The normalized spacial score (nSPS) is 10.2. The molecule has 0 saturated heterocycles. The summed E-state index contributed by atoms with van der Waals surface area (Å²) in [7, 11) is 0. The van der Waals surface area contributed by atoms with Crippen molar-refractivity contribution < 1.29 is 0 Å². The minimum Gasteiger partial charge on any atom is -0.267 e. The number of aromatic nitrogens is 2. The van der Waals surface area contributed by atoms with Crippen LogP contribution >= 0.6 is 0 Å². The van der Waals surface area contributed by atoms with Crippen LogP contribution in [0.3, 0.4) is 0 Å². The largest absolute Gasteiger partial charge is 0.272 e. The summed E-state index contributed by atoms with van der Waals surface area (Å²) in [4.78, 5) is 11.0. The van der Waals surface area contributed by atoms with Gasteiger partial charge in [0.2, 0.25) is 0 Å². The zero-order valence-corrected chi connectivity index (χ0v) is 5.66. The first kappa shape index (κ1) is 6.09. The van der Waals surface area contributed by atoms with Crippen molar-refractivity contribution in [2.24, 2.45) is 0 Å². The third kappa shape index (κ3) is 0.902. The van der Waals surface area contributed by atoms with Crippen LogP contribution in [-0.4, -0.2) is 10.2 Å². The minimum absolute atomic E-state index is 0.167. The lowest BCUT2D eigenvalue weighted by Gasteiger charge is -1.90. The van der Waals surface area contributed by atoms with Crippen molar-refractivity contribution in [3.05, 3.63) is 40.8 Å². The summed E-state index contributed by atoms with van der Waals surface area (Å²) in [5.74, 6) is 0. The lowest BCUT2D eigenvalue weighted by atomic mass is 10.2. The number of hydrogen-bond donors (Lipinski definition) is 1. The van der Waals surface area contributed by atoms with Crippen LogP contribution in [0.2, 0.25) is 0 Å². The fraction of sp³-hybridized carbons (Fsp3) is 0. The third-order valence-electron chi connectivity index (χ3n) is 1.49. The molecule has 3 heteroatoms. The summed E-state index contributed by atoms with van der Waals surface area (Å²) in [6, 6.07) is 8.18. The van der Waals surface area contributed by atoms with Gasteiger partial charge in [-0.2, -0.15) is 5.10 Å². The van der Waals surface area contributed by atoms with E-state index in [-0.39, 0.29) is 5.56 Å². The Kier molecular flexibility index (Phi) is 1.22. The monoisotopic (exact) mass is 145 g/mol. The predicted molar refractivity (Wildman–Crippen MR) is 41.2 cm³/mol. The molecule has 0 fully saturated rings. The Hall–Kier alpha value is -1.64. The maximum Gasteiger partial charge on any atom is 0.272 e. The Morgan fingerprint density at radius 3 is 3.27 bits per heavy atom. The van der Waals surface area contributed by atoms with Crippen LogP contribution < -0.4 is 5.56 Å². The van der Waals surface area contributed by atoms with Gasteiger partial charge in [-0.15, -0.1) is 0 Å². The molecule has 2 aromatic rings. The molecule has 0 aliphatic rings. The van der Waals surface area contributed by atoms with Crippen LogP contribution in [0, 0.1) is 6.07 Å². The standard InChI is InChI=1S/C8H5N2O/c11-8-7-4-2-1-3-6(7)5-9-10-8/h1-2,4-5H,(H,10,11). The highest BCUT2D eigenvalue weighted by Crippen LogP contribution is 2.03. The fourth-order valence-corrected chi connectivity index (χ4v) is 0.970. The Morgan fingerprint density at radius 2 is 2.45 bits per heavy atom. The lowest BCUT2D eigenvalue weighted by Crippen LogP contribution is -2.06. The SMILES string of the molecule is O=c1[nH]ncc2[c]cccc12. The highest BCUT2D eigenvalue weighted by atomic mass is 16.1. The molecular formula is C8H5N2O. The summed E-state index contributed by atoms with van der Waals surface area (Å²) in [5, 5.41) is 7.37. The van der Waals surface area contributed by atoms with E-state index in [9.17, 15) is 4.79 Å². The molecule has 0 bridgehead atoms. The molecule has 1 N–H and O–H groups in total. The Bertz CT molecular complexity index is 428. The van der Waals surface area contributed by atoms with Crippen LogP contribution in [0.15, 0.2) is 29.2 Å². The van der Waals surface area contributed by atoms with Crippen molar-refractivity contribution in [3.8, 4) is 0 Å². The number of rotatable bonds is 0. The molecule has 11 heavy (non-hydrogen) atoms. The van der Waals surface area contributed by atoms with Crippen LogP contribution in [0.25, 0.3) is 10.8 Å². The van der Waals surface area contributed by atoms with Crippen molar-refractivity contribution in [2.45, 2.75) is 0 Å². The number of nitrogens with zero attached hydrogens (tertiary/aromatic N) is 1. The highest BCUT2D eigenvalue weighted by Gasteiger charge is 1.94. The molecule has 1 aromatic carbocycles. The quantitative estimate of drug-likeness (QED) is 0.593. The van der Waals surface area contributed by atoms with Crippen molar-refractivity contribution in [3.63, 3.8) is 0 Å². The van der Waals surface area contributed by atoms with E-state index in [1.54, 1.807) is 24.4 Å². The van der Waals surface area contributed by atoms with Crippen molar-refractivity contribution in [2.75, 3.05) is 0 Å². The van der Waals surface area contributed by atoms with Gasteiger partial charge in [0.15, 0.2) is 0 Å². The van der Waals surface area contributed by atoms with Gasteiger partial charge in [0.05, 0.1) is 11.6 Å². The molecule has 0 unspecified atom stereocenters. The number of fused-ring (bicyclic) bond motifs is 1. The van der Waals surface area contributed by atoms with Crippen molar-refractivity contribution >= 4 is 10.8 Å². The third-order valence-corrected chi connectivity index (χ3v) is 1.49. The molecule has 1 radical (unpaired) electrons. The van der Waals surface area contributed by atoms with Crippen molar-refractivity contribution in [1.29, 1.82) is 0 Å². The summed E-state index contributed by atoms with van der Waals surface area (Å²) < 4.78 is 0. The van der Waals surface area contributed by atoms with E-state index in [1.165, 1.54) is 0 Å². The molecule has 53 valence electrons. The molecule has 0 aliphatic carbocycles. The van der Waals surface area contributed by atoms with Gasteiger partial charge in [0.1, 0.15) is 0 Å². The summed E-state index contributed by atoms with van der Waals surface area (Å²) in [6.45, 7) is 0. The highest BCUT2D eigenvalue weighted by molar-refractivity contribution is 5.79. The average molecular weight is 145 g/mol. The molecule has 1 aromatic heterocycles. The molecule has 0 atom stereocenters. The van der Waals surface area contributed by atoms with Gasteiger partial charge in [0.25, 0.3) is 5.56 Å². The zero-order chi connectivity index (χ0) is 7.68. The maximum atomic E-state index is 11.0. The first-order valence-corrected chi connectivity index (χ1v) is 3.22. The van der Waals surface area contributed by atoms with Gasteiger partial charge in [-0.05, 0) is 12.1 Å². The predicted octanol–water partition coefficient (Wildman–Crippen LogP) is 0.723. The maximum absolute atomic E-state index is 11.0.